The first kappa shape index (κ1) is 16.9. The van der Waals surface area contributed by atoms with Crippen molar-refractivity contribution >= 4 is 40.5 Å². The van der Waals surface area contributed by atoms with E-state index in [9.17, 15) is 18.0 Å². The van der Waals surface area contributed by atoms with Gasteiger partial charge in [-0.2, -0.15) is 13.2 Å². The fourth-order valence-electron chi connectivity index (χ4n) is 2.58. The van der Waals surface area contributed by atoms with E-state index in [1.165, 1.54) is 25.3 Å². The van der Waals surface area contributed by atoms with Gasteiger partial charge in [0.2, 0.25) is 0 Å². The standard InChI is InChI=1S/C16H10Cl2F3NO2/c1-24-13-5-3-9(17)7-12(13)22-11-6-8(16(19,20)21)2-4-10(11)14(18)15(22)23/h2-7,14H,1H3/t14-/m1/s1. The van der Waals surface area contributed by atoms with E-state index in [1.807, 2.05) is 0 Å². The number of nitrogens with zero attached hydrogens (tertiary/aromatic N) is 1. The monoisotopic (exact) mass is 375 g/mol. The summed E-state index contributed by atoms with van der Waals surface area (Å²) in [6.45, 7) is 0. The van der Waals surface area contributed by atoms with Gasteiger partial charge in [0.05, 0.1) is 24.0 Å². The Kier molecular flexibility index (Phi) is 4.13. The van der Waals surface area contributed by atoms with Crippen LogP contribution in [-0.2, 0) is 11.0 Å². The van der Waals surface area contributed by atoms with E-state index in [4.69, 9.17) is 27.9 Å². The Hall–Kier alpha value is -1.92. The van der Waals surface area contributed by atoms with Crippen LogP contribution in [0.3, 0.4) is 0 Å². The number of benzene rings is 2. The van der Waals surface area contributed by atoms with Crippen LogP contribution in [0.4, 0.5) is 24.5 Å². The van der Waals surface area contributed by atoms with E-state index in [-0.39, 0.29) is 11.4 Å². The average molecular weight is 376 g/mol. The third-order valence-corrected chi connectivity index (χ3v) is 4.35. The highest BCUT2D eigenvalue weighted by Crippen LogP contribution is 2.48. The summed E-state index contributed by atoms with van der Waals surface area (Å²) >= 11 is 12.1. The molecule has 8 heteroatoms. The molecule has 0 aliphatic carbocycles. The predicted octanol–water partition coefficient (Wildman–Crippen LogP) is 5.33. The lowest BCUT2D eigenvalue weighted by Crippen LogP contribution is -2.22. The number of carbonyl (C=O) groups is 1. The molecular weight excluding hydrogens is 366 g/mol. The molecule has 0 saturated carbocycles. The Balaban J connectivity index is 2.22. The zero-order chi connectivity index (χ0) is 17.6. The van der Waals surface area contributed by atoms with Gasteiger partial charge in [0, 0.05) is 10.6 Å². The molecule has 0 spiro atoms. The second-order valence-corrected chi connectivity index (χ2v) is 6.00. The van der Waals surface area contributed by atoms with E-state index in [2.05, 4.69) is 0 Å². The molecular formula is C16H10Cl2F3NO2. The first-order valence-corrected chi connectivity index (χ1v) is 7.58. The molecule has 2 aromatic rings. The lowest BCUT2D eigenvalue weighted by molar-refractivity contribution is -0.137. The van der Waals surface area contributed by atoms with Crippen molar-refractivity contribution < 1.29 is 22.7 Å². The molecule has 3 nitrogen and oxygen atoms in total. The fraction of sp³-hybridized carbons (Fsp3) is 0.188. The van der Waals surface area contributed by atoms with E-state index in [1.54, 1.807) is 6.07 Å². The largest absolute Gasteiger partial charge is 0.495 e. The highest BCUT2D eigenvalue weighted by atomic mass is 35.5. The molecule has 126 valence electrons. The van der Waals surface area contributed by atoms with Crippen LogP contribution < -0.4 is 9.64 Å². The van der Waals surface area contributed by atoms with Crippen molar-refractivity contribution in [3.63, 3.8) is 0 Å². The van der Waals surface area contributed by atoms with Crippen LogP contribution in [0, 0.1) is 0 Å². The number of ether oxygens (including phenoxy) is 1. The molecule has 1 atom stereocenters. The molecule has 0 bridgehead atoms. The maximum atomic E-state index is 13.0. The van der Waals surface area contributed by atoms with Gasteiger partial charge in [-0.05, 0) is 30.3 Å². The zero-order valence-corrected chi connectivity index (χ0v) is 13.7. The van der Waals surface area contributed by atoms with E-state index in [0.29, 0.717) is 16.3 Å². The second-order valence-electron chi connectivity index (χ2n) is 5.12. The first-order chi connectivity index (χ1) is 11.2. The molecule has 0 N–H and O–H groups in total. The van der Waals surface area contributed by atoms with Crippen molar-refractivity contribution in [3.8, 4) is 5.75 Å². The quantitative estimate of drug-likeness (QED) is 0.664. The van der Waals surface area contributed by atoms with Gasteiger partial charge in [0.25, 0.3) is 5.91 Å². The SMILES string of the molecule is COc1ccc(Cl)cc1N1C(=O)[C@H](Cl)c2ccc(C(F)(F)F)cc21. The zero-order valence-electron chi connectivity index (χ0n) is 12.2. The molecule has 3 rings (SSSR count). The second kappa shape index (κ2) is 5.86. The number of alkyl halides is 4. The summed E-state index contributed by atoms with van der Waals surface area (Å²) in [5, 5.41) is -0.767. The van der Waals surface area contributed by atoms with Crippen molar-refractivity contribution in [2.24, 2.45) is 0 Å². The highest BCUT2D eigenvalue weighted by molar-refractivity contribution is 6.37. The van der Waals surface area contributed by atoms with Crippen molar-refractivity contribution in [1.82, 2.24) is 0 Å². The van der Waals surface area contributed by atoms with Crippen LogP contribution in [-0.4, -0.2) is 13.0 Å². The minimum Gasteiger partial charge on any atom is -0.495 e. The number of amides is 1. The van der Waals surface area contributed by atoms with Crippen molar-refractivity contribution in [2.75, 3.05) is 12.0 Å². The number of anilines is 2. The van der Waals surface area contributed by atoms with Gasteiger partial charge in [-0.15, -0.1) is 11.6 Å². The molecule has 0 aromatic heterocycles. The number of hydrogen-bond acceptors (Lipinski definition) is 2. The molecule has 0 saturated heterocycles. The summed E-state index contributed by atoms with van der Waals surface area (Å²) in [6, 6.07) is 7.54. The lowest BCUT2D eigenvalue weighted by Gasteiger charge is -2.21. The Morgan fingerprint density at radius 3 is 2.46 bits per heavy atom. The molecule has 1 heterocycles. The Bertz CT molecular complexity index is 823. The highest BCUT2D eigenvalue weighted by Gasteiger charge is 2.41. The van der Waals surface area contributed by atoms with Crippen LogP contribution in [0.1, 0.15) is 16.5 Å². The summed E-state index contributed by atoms with van der Waals surface area (Å²) in [5.74, 6) is -0.270. The van der Waals surface area contributed by atoms with Crippen molar-refractivity contribution in [1.29, 1.82) is 0 Å². The Morgan fingerprint density at radius 1 is 1.12 bits per heavy atom. The summed E-state index contributed by atoms with van der Waals surface area (Å²) in [4.78, 5) is 13.6. The van der Waals surface area contributed by atoms with Crippen LogP contribution in [0.5, 0.6) is 5.75 Å². The van der Waals surface area contributed by atoms with Gasteiger partial charge in [-0.3, -0.25) is 9.69 Å². The molecule has 0 unspecified atom stereocenters. The van der Waals surface area contributed by atoms with Crippen LogP contribution in [0.2, 0.25) is 5.02 Å². The lowest BCUT2D eigenvalue weighted by atomic mass is 10.1. The van der Waals surface area contributed by atoms with Gasteiger partial charge in [-0.25, -0.2) is 0 Å². The van der Waals surface area contributed by atoms with Gasteiger partial charge in [-0.1, -0.05) is 17.7 Å². The number of carbonyl (C=O) groups excluding carboxylic acids is 1. The van der Waals surface area contributed by atoms with Crippen molar-refractivity contribution in [2.45, 2.75) is 11.6 Å². The van der Waals surface area contributed by atoms with Gasteiger partial charge < -0.3 is 4.74 Å². The normalized spacial score (nSPS) is 17.2. The molecule has 0 radical (unpaired) electrons. The number of fused-ring (bicyclic) bond motifs is 1. The van der Waals surface area contributed by atoms with Crippen molar-refractivity contribution in [3.05, 3.63) is 52.5 Å². The topological polar surface area (TPSA) is 29.5 Å². The molecule has 1 amide bonds. The van der Waals surface area contributed by atoms with E-state index in [0.717, 1.165) is 17.0 Å². The predicted molar refractivity (Wildman–Crippen MR) is 85.2 cm³/mol. The minimum atomic E-state index is -4.54. The molecule has 1 aliphatic heterocycles. The number of hydrogen-bond donors (Lipinski definition) is 0. The minimum absolute atomic E-state index is 0.0652. The summed E-state index contributed by atoms with van der Waals surface area (Å²) in [5.41, 5.74) is -0.267. The molecule has 24 heavy (non-hydrogen) atoms. The third-order valence-electron chi connectivity index (χ3n) is 3.69. The smallest absolute Gasteiger partial charge is 0.416 e. The van der Waals surface area contributed by atoms with E-state index >= 15 is 0 Å². The maximum Gasteiger partial charge on any atom is 0.416 e. The summed E-state index contributed by atoms with van der Waals surface area (Å²) in [6.07, 6.45) is -4.54. The fourth-order valence-corrected chi connectivity index (χ4v) is 3.03. The number of methoxy groups -OCH3 is 1. The number of halogens is 5. The Morgan fingerprint density at radius 2 is 1.83 bits per heavy atom. The molecule has 1 aliphatic rings. The third kappa shape index (κ3) is 2.70. The Labute approximate surface area is 145 Å². The van der Waals surface area contributed by atoms with Crippen LogP contribution in [0.25, 0.3) is 0 Å². The summed E-state index contributed by atoms with van der Waals surface area (Å²) < 4.78 is 44.2. The maximum absolute atomic E-state index is 13.0. The first-order valence-electron chi connectivity index (χ1n) is 6.76. The summed E-state index contributed by atoms with van der Waals surface area (Å²) in [7, 11) is 1.39. The van der Waals surface area contributed by atoms with Gasteiger partial charge >= 0.3 is 6.18 Å². The number of rotatable bonds is 2. The van der Waals surface area contributed by atoms with Gasteiger partial charge in [0.15, 0.2) is 0 Å². The van der Waals surface area contributed by atoms with Crippen LogP contribution in [0.15, 0.2) is 36.4 Å². The van der Waals surface area contributed by atoms with Gasteiger partial charge in [0.1, 0.15) is 11.1 Å². The van der Waals surface area contributed by atoms with Crippen LogP contribution >= 0.6 is 23.2 Å². The molecule has 0 fully saturated rings. The average Bonchev–Trinajstić information content (AvgIpc) is 2.77. The van der Waals surface area contributed by atoms with E-state index < -0.39 is 23.0 Å². The molecule has 2 aromatic carbocycles.